The van der Waals surface area contributed by atoms with E-state index in [4.69, 9.17) is 13.3 Å². The summed E-state index contributed by atoms with van der Waals surface area (Å²) in [6.07, 6.45) is 2.19. The van der Waals surface area contributed by atoms with E-state index in [0.29, 0.717) is 0 Å². The fraction of sp³-hybridized carbons (Fsp3) is 0.279. The average Bonchev–Trinajstić information content (AvgIpc) is 1.63. The molecule has 6 nitrogen and oxygen atoms in total. The Morgan fingerprint density at radius 2 is 0.935 bits per heavy atom. The van der Waals surface area contributed by atoms with Crippen molar-refractivity contribution in [2.75, 3.05) is 14.6 Å². The highest BCUT2D eigenvalue weighted by molar-refractivity contribution is 6.93. The first-order valence-corrected chi connectivity index (χ1v) is 33.6. The summed E-state index contributed by atoms with van der Waals surface area (Å²) in [5.41, 5.74) is 26.8. The van der Waals surface area contributed by atoms with Crippen molar-refractivity contribution in [3.63, 3.8) is 0 Å². The van der Waals surface area contributed by atoms with Crippen LogP contribution in [-0.2, 0) is 32.5 Å². The average molecular weight is 1220 g/mol. The van der Waals surface area contributed by atoms with Crippen LogP contribution in [0, 0.1) is 0 Å². The number of rotatable bonds is 6. The number of furan rings is 3. The van der Waals surface area contributed by atoms with Gasteiger partial charge in [0.05, 0.1) is 11.4 Å². The Labute approximate surface area is 548 Å². The monoisotopic (exact) mass is 1220 g/mol. The van der Waals surface area contributed by atoms with Crippen molar-refractivity contribution in [1.29, 1.82) is 0 Å². The van der Waals surface area contributed by atoms with E-state index in [2.05, 4.69) is 320 Å². The quantitative estimate of drug-likeness (QED) is 0.155. The van der Waals surface area contributed by atoms with Gasteiger partial charge < -0.3 is 27.9 Å². The molecule has 93 heavy (non-hydrogen) atoms. The first-order chi connectivity index (χ1) is 44.1. The van der Waals surface area contributed by atoms with Crippen LogP contribution in [0.1, 0.15) is 157 Å². The summed E-state index contributed by atoms with van der Waals surface area (Å²) >= 11 is 0. The van der Waals surface area contributed by atoms with Crippen molar-refractivity contribution < 1.29 is 13.3 Å². The zero-order chi connectivity index (χ0) is 64.8. The molecule has 0 saturated carbocycles. The van der Waals surface area contributed by atoms with Gasteiger partial charge in [0.25, 0.3) is 0 Å². The van der Waals surface area contributed by atoms with Crippen molar-refractivity contribution in [2.45, 2.75) is 156 Å². The molecule has 13 aromatic rings. The maximum Gasteiger partial charge on any atom is 0.376 e. The molecule has 464 valence electrons. The molecular weight excluding hydrogens is 1130 g/mol. The Balaban J connectivity index is 1.03. The predicted octanol–water partition coefficient (Wildman–Crippen LogP) is 23.6. The Bertz CT molecular complexity index is 5130. The summed E-state index contributed by atoms with van der Waals surface area (Å²) in [5.74, 6) is 0. The smallest absolute Gasteiger partial charge is 0.376 e. The van der Waals surface area contributed by atoms with Crippen LogP contribution in [0.3, 0.4) is 0 Å². The maximum atomic E-state index is 7.91. The highest BCUT2D eigenvalue weighted by atomic mass is 16.3. The lowest BCUT2D eigenvalue weighted by molar-refractivity contribution is 0.332. The van der Waals surface area contributed by atoms with Crippen LogP contribution in [0.2, 0.25) is 0 Å². The minimum atomic E-state index is -0.456. The molecule has 3 aromatic heterocycles. The topological polar surface area (TPSA) is 49.1 Å². The second kappa shape index (κ2) is 20.2. The van der Waals surface area contributed by atoms with Crippen molar-refractivity contribution in [3.05, 3.63) is 228 Å². The van der Waals surface area contributed by atoms with E-state index in [0.717, 1.165) is 147 Å². The van der Waals surface area contributed by atoms with Crippen LogP contribution in [-0.4, -0.2) is 6.85 Å². The maximum absolute atomic E-state index is 7.91. The van der Waals surface area contributed by atoms with E-state index in [1.54, 1.807) is 0 Å². The molecule has 1 aliphatic carbocycles. The summed E-state index contributed by atoms with van der Waals surface area (Å²) in [4.78, 5) is 7.56. The SMILES string of the molecule is CC(C)(C)c1ccc(N2B3c4oc5cc6c(cc5c4N(c4ccc(C(C)(C)C)cc4-c4ccccc4)c4cc5c(oc7ccccc75)c(c43)-c3cc4c(cc32)oc2ccc(N(c3ccc(C(C)(C)C)cc3)c3ccc(C(C)(C)C)cc3)cc24)C(C)(C)CCC6(C)C)cc1. The van der Waals surface area contributed by atoms with Crippen LogP contribution in [0.15, 0.2) is 207 Å². The molecule has 0 amide bonds. The number of hydrogen-bond acceptors (Lipinski definition) is 6. The molecule has 0 saturated heterocycles. The van der Waals surface area contributed by atoms with Crippen molar-refractivity contribution >= 4 is 118 Å². The van der Waals surface area contributed by atoms with E-state index in [1.807, 2.05) is 0 Å². The van der Waals surface area contributed by atoms with Gasteiger partial charge in [-0.05, 0) is 187 Å². The standard InChI is InChI=1S/C86H84BN3O3/c1-81(2,3)52-26-33-56(34-27-52)88(57-35-28-53(29-36-57)82(4,5)6)59-39-41-73-62(45-59)63-46-65-70(50-75(63)91-73)90(58-37-30-54(31-38-58)83(7,8)9)87-77-71(48-64-60-24-20-21-25-72(60)92-79(64)76(65)77)89(69-40-32-55(84(10,11)12)44-61(69)51-22-18-17-19-23-51)78-66-47-67-68(49-74(66)93-80(78)87)86(15,16)43-42-85(67,13)14/h17-41,44-50H,42-43H2,1-16H3. The lowest BCUT2D eigenvalue weighted by Gasteiger charge is -2.44. The lowest BCUT2D eigenvalue weighted by atomic mass is 9.45. The van der Waals surface area contributed by atoms with E-state index in [9.17, 15) is 0 Å². The molecule has 10 aromatic carbocycles. The first kappa shape index (κ1) is 58.9. The molecular formula is C86H84BN3O3. The lowest BCUT2D eigenvalue weighted by Crippen LogP contribution is -2.61. The van der Waals surface area contributed by atoms with Gasteiger partial charge in [-0.15, -0.1) is 0 Å². The zero-order valence-corrected chi connectivity index (χ0v) is 57.0. The van der Waals surface area contributed by atoms with Crippen molar-refractivity contribution in [2.24, 2.45) is 0 Å². The summed E-state index contributed by atoms with van der Waals surface area (Å²) in [6.45, 7) is 36.8. The molecule has 0 unspecified atom stereocenters. The Hall–Kier alpha value is -9.20. The number of nitrogens with zero attached hydrogens (tertiary/aromatic N) is 3. The summed E-state index contributed by atoms with van der Waals surface area (Å²) < 4.78 is 22.5. The molecule has 0 fully saturated rings. The molecule has 5 heterocycles. The van der Waals surface area contributed by atoms with Crippen LogP contribution in [0.4, 0.5) is 45.5 Å². The minimum absolute atomic E-state index is 0.00668. The van der Waals surface area contributed by atoms with Gasteiger partial charge in [-0.25, -0.2) is 0 Å². The second-order valence-electron chi connectivity index (χ2n) is 32.5. The highest BCUT2D eigenvalue weighted by Gasteiger charge is 2.51. The Morgan fingerprint density at radius 1 is 0.398 bits per heavy atom. The molecule has 0 atom stereocenters. The van der Waals surface area contributed by atoms with E-state index >= 15 is 0 Å². The van der Waals surface area contributed by atoms with Gasteiger partial charge >= 0.3 is 6.85 Å². The molecule has 16 rings (SSSR count). The minimum Gasteiger partial charge on any atom is -0.466 e. The predicted molar refractivity (Wildman–Crippen MR) is 395 cm³/mol. The third-order valence-electron chi connectivity index (χ3n) is 21.1. The van der Waals surface area contributed by atoms with Gasteiger partial charge in [0, 0.05) is 83.8 Å². The molecule has 2 aliphatic heterocycles. The Morgan fingerprint density at radius 3 is 1.56 bits per heavy atom. The Kier molecular flexibility index (Phi) is 12.8. The van der Waals surface area contributed by atoms with E-state index in [-0.39, 0.29) is 32.5 Å². The largest absolute Gasteiger partial charge is 0.466 e. The fourth-order valence-electron chi connectivity index (χ4n) is 15.5. The molecule has 0 radical (unpaired) electrons. The molecule has 0 spiro atoms. The number of fused-ring (bicyclic) bond motifs is 14. The summed E-state index contributed by atoms with van der Waals surface area (Å²) in [7, 11) is 0. The van der Waals surface area contributed by atoms with Crippen molar-refractivity contribution in [1.82, 2.24) is 0 Å². The molecule has 7 heteroatoms. The first-order valence-electron chi connectivity index (χ1n) is 33.6. The van der Waals surface area contributed by atoms with Gasteiger partial charge in [0.2, 0.25) is 0 Å². The van der Waals surface area contributed by atoms with Crippen LogP contribution >= 0.6 is 0 Å². The van der Waals surface area contributed by atoms with Gasteiger partial charge in [-0.1, -0.05) is 202 Å². The van der Waals surface area contributed by atoms with Crippen molar-refractivity contribution in [3.8, 4) is 22.3 Å². The summed E-state index contributed by atoms with van der Waals surface area (Å²) in [5, 5.41) is 5.30. The van der Waals surface area contributed by atoms with Gasteiger partial charge in [0.15, 0.2) is 0 Å². The molecule has 3 aliphatic rings. The third kappa shape index (κ3) is 9.32. The van der Waals surface area contributed by atoms with Gasteiger partial charge in [0.1, 0.15) is 33.6 Å². The van der Waals surface area contributed by atoms with Crippen LogP contribution < -0.4 is 25.7 Å². The van der Waals surface area contributed by atoms with E-state index in [1.165, 1.54) is 33.4 Å². The highest BCUT2D eigenvalue weighted by Crippen LogP contribution is 2.57. The number of para-hydroxylation sites is 1. The number of benzene rings is 10. The van der Waals surface area contributed by atoms with E-state index < -0.39 is 6.85 Å². The number of anilines is 8. The van der Waals surface area contributed by atoms with Gasteiger partial charge in [-0.3, -0.25) is 0 Å². The van der Waals surface area contributed by atoms with Gasteiger partial charge in [-0.2, -0.15) is 0 Å². The number of hydrogen-bond donors (Lipinski definition) is 0. The third-order valence-corrected chi connectivity index (χ3v) is 21.1. The normalized spacial score (nSPS) is 15.3. The summed E-state index contributed by atoms with van der Waals surface area (Å²) in [6, 6.07) is 73.2. The van der Waals surface area contributed by atoms with Crippen LogP contribution in [0.25, 0.3) is 77.1 Å². The second-order valence-corrected chi connectivity index (χ2v) is 32.5. The zero-order valence-electron chi connectivity index (χ0n) is 57.0. The van der Waals surface area contributed by atoms with Crippen LogP contribution in [0.5, 0.6) is 0 Å². The fourth-order valence-corrected chi connectivity index (χ4v) is 15.5. The molecule has 0 N–H and O–H groups in total. The molecule has 0 bridgehead atoms.